The lowest BCUT2D eigenvalue weighted by Crippen LogP contribution is -2.47. The molecule has 1 aliphatic rings. The van der Waals surface area contributed by atoms with Crippen molar-refractivity contribution < 1.29 is 9.72 Å². The molecule has 0 fully saturated rings. The van der Waals surface area contributed by atoms with Gasteiger partial charge < -0.3 is 4.90 Å². The van der Waals surface area contributed by atoms with Crippen molar-refractivity contribution in [1.82, 2.24) is 0 Å². The van der Waals surface area contributed by atoms with Crippen molar-refractivity contribution in [3.8, 4) is 0 Å². The molecule has 3 aromatic carbocycles. The molecular weight excluding hydrogens is 364 g/mol. The highest BCUT2D eigenvalue weighted by Crippen LogP contribution is 2.50. The quantitative estimate of drug-likeness (QED) is 0.330. The third-order valence-corrected chi connectivity index (χ3v) is 5.45. The Bertz CT molecular complexity index is 1090. The molecule has 3 aromatic rings. The molecule has 144 valence electrons. The van der Waals surface area contributed by atoms with Crippen molar-refractivity contribution in [3.05, 3.63) is 118 Å². The van der Waals surface area contributed by atoms with E-state index >= 15 is 0 Å². The minimum Gasteiger partial charge on any atom is -0.349 e. The summed E-state index contributed by atoms with van der Waals surface area (Å²) in [6.45, 7) is 4.31. The van der Waals surface area contributed by atoms with E-state index in [1.807, 2.05) is 53.4 Å². The van der Waals surface area contributed by atoms with Gasteiger partial charge in [0.25, 0.3) is 5.69 Å². The molecule has 0 N–H and O–H groups in total. The van der Waals surface area contributed by atoms with E-state index in [0.29, 0.717) is 17.7 Å². The van der Waals surface area contributed by atoms with Gasteiger partial charge in [-0.3, -0.25) is 14.9 Å². The fourth-order valence-corrected chi connectivity index (χ4v) is 4.21. The Hall–Kier alpha value is -3.73. The van der Waals surface area contributed by atoms with Crippen molar-refractivity contribution in [2.75, 3.05) is 4.90 Å². The number of nitro groups is 1. The molecule has 1 atom stereocenters. The third kappa shape index (κ3) is 2.91. The van der Waals surface area contributed by atoms with Crippen LogP contribution in [0.15, 0.2) is 91.5 Å². The van der Waals surface area contributed by atoms with Gasteiger partial charge in [0.15, 0.2) is 5.78 Å². The number of anilines is 1. The molecule has 5 nitrogen and oxygen atoms in total. The summed E-state index contributed by atoms with van der Waals surface area (Å²) < 4.78 is 0. The average molecular weight is 384 g/mol. The zero-order valence-electron chi connectivity index (χ0n) is 15.8. The summed E-state index contributed by atoms with van der Waals surface area (Å²) in [5.74, 6) is -0.141. The molecule has 1 heterocycles. The van der Waals surface area contributed by atoms with Crippen molar-refractivity contribution in [3.63, 3.8) is 0 Å². The second-order valence-electron chi connectivity index (χ2n) is 7.05. The lowest BCUT2D eigenvalue weighted by molar-refractivity contribution is -0.386. The van der Waals surface area contributed by atoms with Crippen molar-refractivity contribution in [1.29, 1.82) is 0 Å². The van der Waals surface area contributed by atoms with E-state index in [4.69, 9.17) is 0 Å². The Morgan fingerprint density at radius 3 is 2.34 bits per heavy atom. The molecular formula is C24H20N2O3. The van der Waals surface area contributed by atoms with Crippen LogP contribution in [0.2, 0.25) is 0 Å². The average Bonchev–Trinajstić information content (AvgIpc) is 2.98. The molecule has 0 aromatic heterocycles. The molecule has 0 bridgehead atoms. The molecule has 4 rings (SSSR count). The van der Waals surface area contributed by atoms with Crippen LogP contribution in [0.25, 0.3) is 0 Å². The fraction of sp³-hybridized carbons (Fsp3) is 0.125. The Morgan fingerprint density at radius 1 is 0.966 bits per heavy atom. The van der Waals surface area contributed by atoms with Gasteiger partial charge in [-0.25, -0.2) is 0 Å². The molecule has 5 heteroatoms. The van der Waals surface area contributed by atoms with Crippen molar-refractivity contribution in [2.45, 2.75) is 18.5 Å². The zero-order chi connectivity index (χ0) is 20.4. The number of hydrogen-bond acceptors (Lipinski definition) is 4. The highest BCUT2D eigenvalue weighted by Gasteiger charge is 2.54. The number of carbonyl (C=O) groups excluding carboxylic acids is 1. The lowest BCUT2D eigenvalue weighted by Gasteiger charge is -2.38. The molecule has 0 amide bonds. The van der Waals surface area contributed by atoms with Crippen LogP contribution in [0.1, 0.15) is 27.9 Å². The second kappa shape index (κ2) is 7.36. The van der Waals surface area contributed by atoms with Gasteiger partial charge in [-0.05, 0) is 23.8 Å². The number of nitrogens with zero attached hydrogens (tertiary/aromatic N) is 2. The Balaban J connectivity index is 1.99. The second-order valence-corrected chi connectivity index (χ2v) is 7.05. The maximum Gasteiger partial charge on any atom is 0.275 e. The number of rotatable bonds is 6. The van der Waals surface area contributed by atoms with Crippen LogP contribution in [0, 0.1) is 10.1 Å². The minimum absolute atomic E-state index is 0.0615. The van der Waals surface area contributed by atoms with E-state index in [0.717, 1.165) is 11.3 Å². The van der Waals surface area contributed by atoms with Crippen LogP contribution in [0.5, 0.6) is 0 Å². The van der Waals surface area contributed by atoms with Gasteiger partial charge in [0.2, 0.25) is 0 Å². The van der Waals surface area contributed by atoms with Crippen LogP contribution in [-0.2, 0) is 12.1 Å². The smallest absolute Gasteiger partial charge is 0.275 e. The fourth-order valence-electron chi connectivity index (χ4n) is 4.21. The van der Waals surface area contributed by atoms with Crippen LogP contribution in [0.4, 0.5) is 11.4 Å². The number of para-hydroxylation sites is 2. The van der Waals surface area contributed by atoms with E-state index in [2.05, 4.69) is 6.58 Å². The molecule has 1 unspecified atom stereocenters. The SMILES string of the molecule is C=CCC1(c2ccccc2[N+](=O)[O-])C(=O)c2ccccc2N1Cc1ccccc1. The highest BCUT2D eigenvalue weighted by atomic mass is 16.6. The number of carbonyl (C=O) groups is 1. The van der Waals surface area contributed by atoms with Gasteiger partial charge in [0, 0.05) is 30.3 Å². The van der Waals surface area contributed by atoms with E-state index < -0.39 is 10.5 Å². The first-order valence-corrected chi connectivity index (χ1v) is 9.40. The number of hydrogen-bond donors (Lipinski definition) is 0. The van der Waals surface area contributed by atoms with Crippen molar-refractivity contribution >= 4 is 17.2 Å². The van der Waals surface area contributed by atoms with Gasteiger partial charge in [-0.1, -0.05) is 60.7 Å². The monoisotopic (exact) mass is 384 g/mol. The Labute approximate surface area is 169 Å². The predicted molar refractivity (Wildman–Crippen MR) is 113 cm³/mol. The standard InChI is InChI=1S/C24H20N2O3/c1-2-16-24(20-13-7-9-15-22(20)26(28)29)23(27)19-12-6-8-14-21(19)25(24)17-18-10-4-3-5-11-18/h2-15H,1,16-17H2. The topological polar surface area (TPSA) is 63.5 Å². The first-order valence-electron chi connectivity index (χ1n) is 9.40. The van der Waals surface area contributed by atoms with Gasteiger partial charge in [-0.15, -0.1) is 6.58 Å². The van der Waals surface area contributed by atoms with Gasteiger partial charge in [0.05, 0.1) is 10.5 Å². The normalized spacial score (nSPS) is 17.8. The maximum absolute atomic E-state index is 13.8. The summed E-state index contributed by atoms with van der Waals surface area (Å²) >= 11 is 0. The third-order valence-electron chi connectivity index (χ3n) is 5.45. The van der Waals surface area contributed by atoms with Gasteiger partial charge in [0.1, 0.15) is 5.54 Å². The summed E-state index contributed by atoms with van der Waals surface area (Å²) in [6.07, 6.45) is 1.93. The molecule has 29 heavy (non-hydrogen) atoms. The predicted octanol–water partition coefficient (Wildman–Crippen LogP) is 5.27. The highest BCUT2D eigenvalue weighted by molar-refractivity contribution is 6.14. The number of benzene rings is 3. The van der Waals surface area contributed by atoms with Gasteiger partial charge in [-0.2, -0.15) is 0 Å². The molecule has 0 spiro atoms. The first kappa shape index (κ1) is 18.6. The summed E-state index contributed by atoms with van der Waals surface area (Å²) in [5, 5.41) is 11.8. The van der Waals surface area contributed by atoms with E-state index in [1.54, 1.807) is 30.3 Å². The number of nitro benzene ring substituents is 1. The van der Waals surface area contributed by atoms with Crippen LogP contribution >= 0.6 is 0 Å². The summed E-state index contributed by atoms with van der Waals surface area (Å²) in [6, 6.07) is 23.7. The molecule has 0 saturated heterocycles. The molecule has 0 aliphatic carbocycles. The number of fused-ring (bicyclic) bond motifs is 1. The summed E-state index contributed by atoms with van der Waals surface area (Å²) in [5.41, 5.74) is 1.48. The maximum atomic E-state index is 13.8. The zero-order valence-corrected chi connectivity index (χ0v) is 15.8. The summed E-state index contributed by atoms with van der Waals surface area (Å²) in [4.78, 5) is 27.2. The van der Waals surface area contributed by atoms with Crippen LogP contribution in [0.3, 0.4) is 0 Å². The minimum atomic E-state index is -1.22. The summed E-state index contributed by atoms with van der Waals surface area (Å²) in [7, 11) is 0. The number of ketones is 1. The van der Waals surface area contributed by atoms with Crippen LogP contribution in [-0.4, -0.2) is 10.7 Å². The van der Waals surface area contributed by atoms with Gasteiger partial charge >= 0.3 is 0 Å². The molecule has 1 aliphatic heterocycles. The molecule has 0 radical (unpaired) electrons. The lowest BCUT2D eigenvalue weighted by atomic mass is 9.80. The Kier molecular flexibility index (Phi) is 4.72. The van der Waals surface area contributed by atoms with E-state index in [9.17, 15) is 14.9 Å². The first-order chi connectivity index (χ1) is 14.1. The van der Waals surface area contributed by atoms with Crippen molar-refractivity contribution in [2.24, 2.45) is 0 Å². The van der Waals surface area contributed by atoms with E-state index in [-0.39, 0.29) is 17.9 Å². The van der Waals surface area contributed by atoms with E-state index in [1.165, 1.54) is 6.07 Å². The number of Topliss-reactive ketones (excluding diaryl/α,β-unsaturated/α-hetero) is 1. The molecule has 0 saturated carbocycles. The van der Waals surface area contributed by atoms with Crippen LogP contribution < -0.4 is 4.90 Å². The largest absolute Gasteiger partial charge is 0.349 e. The Morgan fingerprint density at radius 2 is 1.62 bits per heavy atom.